The van der Waals surface area contributed by atoms with Gasteiger partial charge < -0.3 is 4.43 Å². The smallest absolute Gasteiger partial charge is 0.233 e. The van der Waals surface area contributed by atoms with Gasteiger partial charge in [-0.25, -0.2) is 0 Å². The van der Waals surface area contributed by atoms with Gasteiger partial charge in [-0.15, -0.1) is 0 Å². The summed E-state index contributed by atoms with van der Waals surface area (Å²) in [4.78, 5) is 0. The van der Waals surface area contributed by atoms with Crippen molar-refractivity contribution in [1.29, 1.82) is 0 Å². The molecular weight excluding hydrogens is 182 g/mol. The summed E-state index contributed by atoms with van der Waals surface area (Å²) in [5.41, 5.74) is 0. The van der Waals surface area contributed by atoms with Crippen LogP contribution in [0.1, 0.15) is 13.8 Å². The van der Waals surface area contributed by atoms with Crippen LogP contribution in [0.2, 0.25) is 32.2 Å². The molecule has 1 unspecified atom stereocenters. The van der Waals surface area contributed by atoms with Gasteiger partial charge in [-0.05, 0) is 32.2 Å². The van der Waals surface area contributed by atoms with Gasteiger partial charge in [0.2, 0.25) is 9.04 Å². The average molecular weight is 203 g/mol. The summed E-state index contributed by atoms with van der Waals surface area (Å²) >= 11 is 0. The molecule has 0 radical (unpaired) electrons. The molecule has 1 atom stereocenters. The summed E-state index contributed by atoms with van der Waals surface area (Å²) in [7, 11) is -2.25. The molecular formula is C8H21NOSi2. The van der Waals surface area contributed by atoms with Gasteiger partial charge in [-0.3, -0.25) is 4.66 Å². The largest absolute Gasteiger partial charge is 0.538 e. The Morgan fingerprint density at radius 3 is 2.25 bits per heavy atom. The van der Waals surface area contributed by atoms with Crippen molar-refractivity contribution in [3.63, 3.8) is 0 Å². The van der Waals surface area contributed by atoms with E-state index in [4.69, 9.17) is 4.43 Å². The van der Waals surface area contributed by atoms with Crippen LogP contribution < -0.4 is 0 Å². The molecule has 0 heterocycles. The Morgan fingerprint density at radius 1 is 1.42 bits per heavy atom. The molecule has 0 saturated heterocycles. The molecule has 0 bridgehead atoms. The summed E-state index contributed by atoms with van der Waals surface area (Å²) in [5.74, 6) is 0.912. The molecule has 2 nitrogen and oxygen atoms in total. The fourth-order valence-electron chi connectivity index (χ4n) is 0.873. The van der Waals surface area contributed by atoms with E-state index in [0.717, 1.165) is 5.90 Å². The van der Waals surface area contributed by atoms with Gasteiger partial charge in [0, 0.05) is 6.92 Å². The molecule has 0 fully saturated rings. The topological polar surface area (TPSA) is 21.6 Å². The van der Waals surface area contributed by atoms with Crippen molar-refractivity contribution in [2.75, 3.05) is 0 Å². The first-order chi connectivity index (χ1) is 5.35. The summed E-state index contributed by atoms with van der Waals surface area (Å²) in [6.07, 6.45) is 0. The van der Waals surface area contributed by atoms with E-state index in [1.807, 2.05) is 6.92 Å². The van der Waals surface area contributed by atoms with Gasteiger partial charge in [0.15, 0.2) is 14.1 Å². The van der Waals surface area contributed by atoms with Crippen molar-refractivity contribution in [3.8, 4) is 0 Å². The Bertz CT molecular complexity index is 163. The van der Waals surface area contributed by atoms with Crippen LogP contribution in [0.5, 0.6) is 0 Å². The van der Waals surface area contributed by atoms with Gasteiger partial charge >= 0.3 is 0 Å². The Balaban J connectivity index is 4.03. The number of hydrogen-bond acceptors (Lipinski definition) is 2. The van der Waals surface area contributed by atoms with Crippen molar-refractivity contribution in [2.45, 2.75) is 46.1 Å². The Morgan fingerprint density at radius 2 is 1.92 bits per heavy atom. The molecule has 0 aromatic heterocycles. The van der Waals surface area contributed by atoms with Gasteiger partial charge in [-0.2, -0.15) is 0 Å². The maximum atomic E-state index is 5.70. The molecule has 0 rings (SSSR count). The fourth-order valence-corrected chi connectivity index (χ4v) is 2.78. The van der Waals surface area contributed by atoms with E-state index in [1.54, 1.807) is 0 Å². The van der Waals surface area contributed by atoms with Crippen LogP contribution in [0.4, 0.5) is 0 Å². The molecule has 0 aliphatic rings. The van der Waals surface area contributed by atoms with Crippen LogP contribution in [0.15, 0.2) is 4.66 Å². The van der Waals surface area contributed by atoms with Crippen molar-refractivity contribution >= 4 is 23.2 Å². The summed E-state index contributed by atoms with van der Waals surface area (Å²) in [6, 6.07) is 1.18. The highest BCUT2D eigenvalue weighted by molar-refractivity contribution is 6.75. The molecule has 0 N–H and O–H groups in total. The van der Waals surface area contributed by atoms with E-state index in [-0.39, 0.29) is 0 Å². The van der Waals surface area contributed by atoms with Crippen molar-refractivity contribution in [2.24, 2.45) is 4.66 Å². The van der Waals surface area contributed by atoms with Crippen LogP contribution in [-0.2, 0) is 4.43 Å². The first kappa shape index (κ1) is 11.9. The average Bonchev–Trinajstić information content (AvgIpc) is 1.82. The lowest BCUT2D eigenvalue weighted by molar-refractivity contribution is 0.565. The fraction of sp³-hybridized carbons (Fsp3) is 0.875. The molecule has 72 valence electrons. The van der Waals surface area contributed by atoms with E-state index >= 15 is 0 Å². The van der Waals surface area contributed by atoms with Crippen LogP contribution in [0.3, 0.4) is 0 Å². The highest BCUT2D eigenvalue weighted by Crippen LogP contribution is 2.04. The van der Waals surface area contributed by atoms with Gasteiger partial charge in [0.25, 0.3) is 0 Å². The first-order valence-electron chi connectivity index (χ1n) is 4.58. The molecule has 0 spiro atoms. The van der Waals surface area contributed by atoms with Gasteiger partial charge in [-0.1, -0.05) is 6.92 Å². The second-order valence-electron chi connectivity index (χ2n) is 4.14. The molecule has 12 heavy (non-hydrogen) atoms. The molecule has 0 aliphatic carbocycles. The zero-order chi connectivity index (χ0) is 9.78. The summed E-state index contributed by atoms with van der Waals surface area (Å²) < 4.78 is 10.3. The predicted octanol–water partition coefficient (Wildman–Crippen LogP) is 2.63. The van der Waals surface area contributed by atoms with E-state index in [0.29, 0.717) is 0 Å². The third-order valence-electron chi connectivity index (χ3n) is 1.44. The monoisotopic (exact) mass is 203 g/mol. The quantitative estimate of drug-likeness (QED) is 0.392. The second-order valence-corrected chi connectivity index (χ2v) is 11.4. The van der Waals surface area contributed by atoms with E-state index < -0.39 is 17.3 Å². The summed E-state index contributed by atoms with van der Waals surface area (Å²) in [6.45, 7) is 13.0. The lowest BCUT2D eigenvalue weighted by Crippen LogP contribution is -2.23. The Kier molecular flexibility index (Phi) is 4.78. The molecule has 0 amide bonds. The minimum absolute atomic E-state index is 0.912. The lowest BCUT2D eigenvalue weighted by Gasteiger charge is -2.15. The third kappa shape index (κ3) is 6.60. The minimum Gasteiger partial charge on any atom is -0.538 e. The van der Waals surface area contributed by atoms with E-state index in [9.17, 15) is 0 Å². The maximum Gasteiger partial charge on any atom is 0.233 e. The SMILES string of the molecule is CC[SiH](C)OC(C)=N[Si](C)(C)C. The second kappa shape index (κ2) is 4.81. The van der Waals surface area contributed by atoms with Gasteiger partial charge in [0.05, 0.1) is 0 Å². The molecule has 0 saturated carbocycles. The van der Waals surface area contributed by atoms with Crippen molar-refractivity contribution in [3.05, 3.63) is 0 Å². The highest BCUT2D eigenvalue weighted by atomic mass is 28.3. The zero-order valence-corrected chi connectivity index (χ0v) is 11.3. The van der Waals surface area contributed by atoms with Crippen LogP contribution in [0.25, 0.3) is 0 Å². The lowest BCUT2D eigenvalue weighted by atomic mass is 10.8. The maximum absolute atomic E-state index is 5.70. The van der Waals surface area contributed by atoms with Crippen molar-refractivity contribution in [1.82, 2.24) is 0 Å². The van der Waals surface area contributed by atoms with E-state index in [2.05, 4.69) is 37.8 Å². The molecule has 0 aromatic rings. The standard InChI is InChI=1S/C8H21NOSi2/c1-7-11(3)10-8(2)9-12(4,5)6/h11H,7H2,1-6H3. The van der Waals surface area contributed by atoms with Gasteiger partial charge in [0.1, 0.15) is 0 Å². The number of hydrogen-bond donors (Lipinski definition) is 0. The third-order valence-corrected chi connectivity index (χ3v) is 4.32. The highest BCUT2D eigenvalue weighted by Gasteiger charge is 2.12. The van der Waals surface area contributed by atoms with E-state index in [1.165, 1.54) is 6.04 Å². The Hall–Kier alpha value is -0.0962. The molecule has 0 aliphatic heterocycles. The first-order valence-corrected chi connectivity index (χ1v) is 10.5. The number of rotatable bonds is 3. The van der Waals surface area contributed by atoms with Crippen LogP contribution in [0, 0.1) is 0 Å². The predicted molar refractivity (Wildman–Crippen MR) is 61.0 cm³/mol. The number of nitrogens with zero attached hydrogens (tertiary/aromatic N) is 1. The Labute approximate surface area is 78.9 Å². The minimum atomic E-state index is -1.31. The van der Waals surface area contributed by atoms with Crippen LogP contribution >= 0.6 is 0 Å². The molecule has 0 aromatic carbocycles. The summed E-state index contributed by atoms with van der Waals surface area (Å²) in [5, 5.41) is 0. The normalized spacial score (nSPS) is 16.0. The zero-order valence-electron chi connectivity index (χ0n) is 9.14. The van der Waals surface area contributed by atoms with Crippen molar-refractivity contribution < 1.29 is 4.43 Å². The molecule has 4 heteroatoms. The van der Waals surface area contributed by atoms with Crippen LogP contribution in [-0.4, -0.2) is 23.2 Å².